The van der Waals surface area contributed by atoms with Gasteiger partial charge in [0.05, 0.1) is 12.5 Å². The lowest BCUT2D eigenvalue weighted by Gasteiger charge is -2.17. The molecule has 4 nitrogen and oxygen atoms in total. The highest BCUT2D eigenvalue weighted by molar-refractivity contribution is 5.78. The molecular formula is C20H21NO3. The van der Waals surface area contributed by atoms with E-state index < -0.39 is 12.0 Å². The highest BCUT2D eigenvalue weighted by Crippen LogP contribution is 2.49. The molecule has 1 amide bonds. The van der Waals surface area contributed by atoms with E-state index in [-0.39, 0.29) is 12.3 Å². The predicted octanol–water partition coefficient (Wildman–Crippen LogP) is 3.51. The first kappa shape index (κ1) is 16.2. The molecule has 1 fully saturated rings. The summed E-state index contributed by atoms with van der Waals surface area (Å²) in [6, 6.07) is 19.0. The molecule has 3 rings (SSSR count). The molecule has 0 spiro atoms. The Hall–Kier alpha value is -2.62. The number of carbonyl (C=O) groups is 2. The van der Waals surface area contributed by atoms with Gasteiger partial charge in [-0.1, -0.05) is 60.7 Å². The van der Waals surface area contributed by atoms with Crippen molar-refractivity contribution < 1.29 is 14.7 Å². The van der Waals surface area contributed by atoms with Crippen LogP contribution in [-0.4, -0.2) is 17.0 Å². The van der Waals surface area contributed by atoms with E-state index in [1.807, 2.05) is 48.5 Å². The average Bonchev–Trinajstić information content (AvgIpc) is 3.34. The second-order valence-electron chi connectivity index (χ2n) is 6.35. The minimum absolute atomic E-state index is 0.0754. The van der Waals surface area contributed by atoms with Crippen LogP contribution in [0.25, 0.3) is 0 Å². The molecular weight excluding hydrogens is 302 g/mol. The number of aliphatic carboxylic acids is 1. The third-order valence-corrected chi connectivity index (χ3v) is 4.51. The van der Waals surface area contributed by atoms with Crippen molar-refractivity contribution in [3.8, 4) is 0 Å². The molecule has 24 heavy (non-hydrogen) atoms. The molecule has 0 aromatic heterocycles. The topological polar surface area (TPSA) is 66.4 Å². The van der Waals surface area contributed by atoms with Crippen LogP contribution >= 0.6 is 0 Å². The van der Waals surface area contributed by atoms with Gasteiger partial charge < -0.3 is 10.4 Å². The number of carboxylic acids is 1. The van der Waals surface area contributed by atoms with Crippen molar-refractivity contribution in [2.45, 2.75) is 31.2 Å². The summed E-state index contributed by atoms with van der Waals surface area (Å²) < 4.78 is 0. The summed E-state index contributed by atoms with van der Waals surface area (Å²) in [7, 11) is 0. The Bertz CT molecular complexity index is 699. The Morgan fingerprint density at radius 1 is 1.04 bits per heavy atom. The number of nitrogens with one attached hydrogen (secondary N) is 1. The first-order valence-electron chi connectivity index (χ1n) is 8.24. The van der Waals surface area contributed by atoms with Crippen LogP contribution in [0.2, 0.25) is 0 Å². The average molecular weight is 323 g/mol. The van der Waals surface area contributed by atoms with E-state index in [1.54, 1.807) is 0 Å². The van der Waals surface area contributed by atoms with Crippen LogP contribution in [0.3, 0.4) is 0 Å². The fourth-order valence-corrected chi connectivity index (χ4v) is 3.19. The van der Waals surface area contributed by atoms with Gasteiger partial charge >= 0.3 is 5.97 Å². The molecule has 4 heteroatoms. The number of rotatable bonds is 7. The second kappa shape index (κ2) is 7.30. The molecule has 1 unspecified atom stereocenters. The molecule has 0 aliphatic heterocycles. The van der Waals surface area contributed by atoms with Crippen LogP contribution in [0, 0.1) is 5.92 Å². The fraction of sp³-hybridized carbons (Fsp3) is 0.300. The van der Waals surface area contributed by atoms with Crippen molar-refractivity contribution in [1.82, 2.24) is 5.32 Å². The van der Waals surface area contributed by atoms with Crippen molar-refractivity contribution in [1.29, 1.82) is 0 Å². The summed E-state index contributed by atoms with van der Waals surface area (Å²) in [6.45, 7) is 0. The van der Waals surface area contributed by atoms with Crippen molar-refractivity contribution >= 4 is 11.9 Å². The van der Waals surface area contributed by atoms with Gasteiger partial charge in [-0.3, -0.25) is 9.59 Å². The van der Waals surface area contributed by atoms with Gasteiger partial charge in [0.15, 0.2) is 0 Å². The van der Waals surface area contributed by atoms with Crippen LogP contribution in [0.1, 0.15) is 42.3 Å². The van der Waals surface area contributed by atoms with Gasteiger partial charge in [-0.15, -0.1) is 0 Å². The Morgan fingerprint density at radius 3 is 2.29 bits per heavy atom. The normalized spacial score (nSPS) is 20.2. The van der Waals surface area contributed by atoms with E-state index in [9.17, 15) is 9.59 Å². The Kier molecular flexibility index (Phi) is 4.94. The zero-order chi connectivity index (χ0) is 16.9. The van der Waals surface area contributed by atoms with Crippen LogP contribution in [-0.2, 0) is 9.59 Å². The first-order valence-corrected chi connectivity index (χ1v) is 8.24. The fourth-order valence-electron chi connectivity index (χ4n) is 3.19. The third kappa shape index (κ3) is 4.22. The molecule has 0 bridgehead atoms. The zero-order valence-electron chi connectivity index (χ0n) is 13.4. The SMILES string of the molecule is O=C(O)CC(NC(=O)C[C@@H]1C[C@H]1c1ccccc1)c1ccccc1. The van der Waals surface area contributed by atoms with Crippen molar-refractivity contribution in [3.63, 3.8) is 0 Å². The van der Waals surface area contributed by atoms with Crippen LogP contribution < -0.4 is 5.32 Å². The number of carbonyl (C=O) groups excluding carboxylic acids is 1. The summed E-state index contributed by atoms with van der Waals surface area (Å²) in [6.07, 6.45) is 1.36. The van der Waals surface area contributed by atoms with E-state index in [0.29, 0.717) is 18.3 Å². The molecule has 0 saturated heterocycles. The van der Waals surface area contributed by atoms with Crippen molar-refractivity contribution in [2.24, 2.45) is 5.92 Å². The first-order chi connectivity index (χ1) is 11.6. The van der Waals surface area contributed by atoms with Gasteiger partial charge in [-0.2, -0.15) is 0 Å². The second-order valence-corrected chi connectivity index (χ2v) is 6.35. The number of amides is 1. The van der Waals surface area contributed by atoms with E-state index in [2.05, 4.69) is 17.4 Å². The monoisotopic (exact) mass is 323 g/mol. The molecule has 2 aromatic carbocycles. The summed E-state index contributed by atoms with van der Waals surface area (Å²) in [5, 5.41) is 12.0. The zero-order valence-corrected chi connectivity index (χ0v) is 13.4. The quantitative estimate of drug-likeness (QED) is 0.819. The Labute approximate surface area is 141 Å². The van der Waals surface area contributed by atoms with Gasteiger partial charge in [-0.25, -0.2) is 0 Å². The molecule has 2 aromatic rings. The maximum Gasteiger partial charge on any atom is 0.305 e. The molecule has 1 aliphatic carbocycles. The van der Waals surface area contributed by atoms with Crippen LogP contribution in [0.5, 0.6) is 0 Å². The molecule has 0 radical (unpaired) electrons. The predicted molar refractivity (Wildman–Crippen MR) is 91.5 cm³/mol. The molecule has 1 aliphatic rings. The molecule has 1 saturated carbocycles. The van der Waals surface area contributed by atoms with Crippen LogP contribution in [0.15, 0.2) is 60.7 Å². The van der Waals surface area contributed by atoms with E-state index >= 15 is 0 Å². The third-order valence-electron chi connectivity index (χ3n) is 4.51. The maximum absolute atomic E-state index is 12.3. The van der Waals surface area contributed by atoms with Gasteiger partial charge in [0.1, 0.15) is 0 Å². The van der Waals surface area contributed by atoms with Gasteiger partial charge in [-0.05, 0) is 29.4 Å². The lowest BCUT2D eigenvalue weighted by atomic mass is 10.0. The molecule has 124 valence electrons. The maximum atomic E-state index is 12.3. The lowest BCUT2D eigenvalue weighted by Crippen LogP contribution is -2.30. The molecule has 0 heterocycles. The van der Waals surface area contributed by atoms with Gasteiger partial charge in [0.25, 0.3) is 0 Å². The van der Waals surface area contributed by atoms with Crippen molar-refractivity contribution in [2.75, 3.05) is 0 Å². The summed E-state index contributed by atoms with van der Waals surface area (Å²) in [5.74, 6) is -0.188. The molecule has 2 N–H and O–H groups in total. The summed E-state index contributed by atoms with van der Waals surface area (Å²) >= 11 is 0. The standard InChI is InChI=1S/C20H21NO3/c22-19(12-16-11-17(16)14-7-3-1-4-8-14)21-18(13-20(23)24)15-9-5-2-6-10-15/h1-10,16-18H,11-13H2,(H,21,22)(H,23,24)/t16-,17-,18?/m0/s1. The summed E-state index contributed by atoms with van der Waals surface area (Å²) in [5.41, 5.74) is 2.10. The summed E-state index contributed by atoms with van der Waals surface area (Å²) in [4.78, 5) is 23.4. The number of hydrogen-bond donors (Lipinski definition) is 2. The highest BCUT2D eigenvalue weighted by Gasteiger charge is 2.39. The Balaban J connectivity index is 1.57. The minimum atomic E-state index is -0.919. The Morgan fingerprint density at radius 2 is 1.67 bits per heavy atom. The largest absolute Gasteiger partial charge is 0.481 e. The van der Waals surface area contributed by atoms with Crippen molar-refractivity contribution in [3.05, 3.63) is 71.8 Å². The van der Waals surface area contributed by atoms with Gasteiger partial charge in [0.2, 0.25) is 5.91 Å². The number of hydrogen-bond acceptors (Lipinski definition) is 2. The van der Waals surface area contributed by atoms with E-state index in [1.165, 1.54) is 5.56 Å². The smallest absolute Gasteiger partial charge is 0.305 e. The number of carboxylic acid groups (broad SMARTS) is 1. The molecule has 3 atom stereocenters. The van der Waals surface area contributed by atoms with Gasteiger partial charge in [0, 0.05) is 6.42 Å². The minimum Gasteiger partial charge on any atom is -0.481 e. The van der Waals surface area contributed by atoms with E-state index in [4.69, 9.17) is 5.11 Å². The van der Waals surface area contributed by atoms with E-state index in [0.717, 1.165) is 12.0 Å². The van der Waals surface area contributed by atoms with Crippen LogP contribution in [0.4, 0.5) is 0 Å². The lowest BCUT2D eigenvalue weighted by molar-refractivity contribution is -0.137. The highest BCUT2D eigenvalue weighted by atomic mass is 16.4. The number of benzene rings is 2.